The number of rotatable bonds is 6. The number of nitrogens with zero attached hydrogens (tertiary/aromatic N) is 1. The van der Waals surface area contributed by atoms with Crippen molar-refractivity contribution in [2.75, 3.05) is 4.90 Å². The molecule has 9 rings (SSSR count). The molecule has 2 aliphatic carbocycles. The third-order valence-corrected chi connectivity index (χ3v) is 9.91. The van der Waals surface area contributed by atoms with Crippen LogP contribution >= 0.6 is 0 Å². The Morgan fingerprint density at radius 3 is 2.12 bits per heavy atom. The highest BCUT2D eigenvalue weighted by molar-refractivity contribution is 6.22. The van der Waals surface area contributed by atoms with Crippen LogP contribution in [0, 0.1) is 0 Å². The summed E-state index contributed by atoms with van der Waals surface area (Å²) in [4.78, 5) is 2.48. The van der Waals surface area contributed by atoms with E-state index in [1.807, 2.05) is 0 Å². The molecule has 1 heterocycles. The van der Waals surface area contributed by atoms with Crippen molar-refractivity contribution in [2.24, 2.45) is 0 Å². The van der Waals surface area contributed by atoms with Gasteiger partial charge in [0.1, 0.15) is 5.58 Å². The minimum Gasteiger partial charge on any atom is -0.454 e. The SMILES string of the molecule is C1=CCC(c2ccc(N(C3=CC=C(c4ccccc4)CC3)c3cc4ccccc4c4c3oc3ccccc34)c(-c3ccccc3)c2)C=C1. The summed E-state index contributed by atoms with van der Waals surface area (Å²) in [5.41, 5.74) is 11.7. The molecule has 230 valence electrons. The summed E-state index contributed by atoms with van der Waals surface area (Å²) in [7, 11) is 0. The zero-order valence-corrected chi connectivity index (χ0v) is 26.7. The van der Waals surface area contributed by atoms with Gasteiger partial charge in [0, 0.05) is 28.0 Å². The number of benzene rings is 6. The highest BCUT2D eigenvalue weighted by Crippen LogP contribution is 2.48. The minimum atomic E-state index is 0.355. The van der Waals surface area contributed by atoms with Gasteiger partial charge in [-0.2, -0.15) is 0 Å². The minimum absolute atomic E-state index is 0.355. The zero-order valence-electron chi connectivity index (χ0n) is 26.7. The van der Waals surface area contributed by atoms with Crippen LogP contribution in [-0.2, 0) is 0 Å². The second kappa shape index (κ2) is 12.1. The third-order valence-electron chi connectivity index (χ3n) is 9.91. The lowest BCUT2D eigenvalue weighted by molar-refractivity contribution is 0.668. The van der Waals surface area contributed by atoms with Crippen molar-refractivity contribution in [3.8, 4) is 11.1 Å². The maximum Gasteiger partial charge on any atom is 0.160 e. The van der Waals surface area contributed by atoms with Gasteiger partial charge in [0.25, 0.3) is 0 Å². The van der Waals surface area contributed by atoms with Crippen molar-refractivity contribution in [1.82, 2.24) is 0 Å². The number of fused-ring (bicyclic) bond motifs is 5. The van der Waals surface area contributed by atoms with Gasteiger partial charge in [-0.25, -0.2) is 0 Å². The third kappa shape index (κ3) is 4.98. The Bertz CT molecular complexity index is 2420. The van der Waals surface area contributed by atoms with Crippen molar-refractivity contribution >= 4 is 49.7 Å². The van der Waals surface area contributed by atoms with Crippen molar-refractivity contribution in [3.05, 3.63) is 187 Å². The second-order valence-corrected chi connectivity index (χ2v) is 12.8. The highest BCUT2D eigenvalue weighted by Gasteiger charge is 2.26. The van der Waals surface area contributed by atoms with Crippen LogP contribution in [0.3, 0.4) is 0 Å². The van der Waals surface area contributed by atoms with Crippen LogP contribution in [0.1, 0.15) is 36.3 Å². The van der Waals surface area contributed by atoms with E-state index in [-0.39, 0.29) is 0 Å². The highest BCUT2D eigenvalue weighted by atomic mass is 16.3. The summed E-state index contributed by atoms with van der Waals surface area (Å²) in [5, 5.41) is 4.72. The predicted molar refractivity (Wildman–Crippen MR) is 203 cm³/mol. The Labute approximate surface area is 281 Å². The summed E-state index contributed by atoms with van der Waals surface area (Å²) >= 11 is 0. The Hall–Kier alpha value is -5.86. The smallest absolute Gasteiger partial charge is 0.160 e. The summed E-state index contributed by atoms with van der Waals surface area (Å²) in [6.45, 7) is 0. The molecular formula is C46H35NO. The second-order valence-electron chi connectivity index (χ2n) is 12.8. The van der Waals surface area contributed by atoms with Gasteiger partial charge in [0.05, 0.1) is 11.4 Å². The Balaban J connectivity index is 1.33. The fourth-order valence-corrected chi connectivity index (χ4v) is 7.52. The molecule has 2 aliphatic rings. The number of hydrogen-bond donors (Lipinski definition) is 0. The van der Waals surface area contributed by atoms with Crippen molar-refractivity contribution in [3.63, 3.8) is 0 Å². The molecule has 2 nitrogen and oxygen atoms in total. The van der Waals surface area contributed by atoms with E-state index >= 15 is 0 Å². The molecule has 0 saturated carbocycles. The van der Waals surface area contributed by atoms with E-state index in [0.29, 0.717) is 5.92 Å². The van der Waals surface area contributed by atoms with Gasteiger partial charge in [-0.15, -0.1) is 0 Å². The number of hydrogen-bond acceptors (Lipinski definition) is 2. The first-order valence-corrected chi connectivity index (χ1v) is 16.9. The van der Waals surface area contributed by atoms with E-state index in [0.717, 1.165) is 52.6 Å². The normalized spacial score (nSPS) is 16.0. The topological polar surface area (TPSA) is 16.4 Å². The van der Waals surface area contributed by atoms with Gasteiger partial charge in [-0.1, -0.05) is 140 Å². The van der Waals surface area contributed by atoms with Crippen molar-refractivity contribution in [2.45, 2.75) is 25.2 Å². The van der Waals surface area contributed by atoms with E-state index in [4.69, 9.17) is 4.42 Å². The molecule has 48 heavy (non-hydrogen) atoms. The Morgan fingerprint density at radius 2 is 1.35 bits per heavy atom. The first kappa shape index (κ1) is 28.4. The number of anilines is 2. The van der Waals surface area contributed by atoms with Crippen LogP contribution in [0.15, 0.2) is 180 Å². The lowest BCUT2D eigenvalue weighted by Gasteiger charge is -2.32. The van der Waals surface area contributed by atoms with E-state index < -0.39 is 0 Å². The van der Waals surface area contributed by atoms with Crippen LogP contribution in [0.4, 0.5) is 11.4 Å². The van der Waals surface area contributed by atoms with Crippen LogP contribution in [0.25, 0.3) is 49.4 Å². The van der Waals surface area contributed by atoms with Crippen LogP contribution in [-0.4, -0.2) is 0 Å². The van der Waals surface area contributed by atoms with Gasteiger partial charge in [-0.05, 0) is 82.6 Å². The first-order valence-electron chi connectivity index (χ1n) is 16.9. The number of para-hydroxylation sites is 1. The predicted octanol–water partition coefficient (Wildman–Crippen LogP) is 12.9. The molecule has 1 unspecified atom stereocenters. The van der Waals surface area contributed by atoms with Gasteiger partial charge in [-0.3, -0.25) is 0 Å². The van der Waals surface area contributed by atoms with Gasteiger partial charge in [0.15, 0.2) is 5.58 Å². The molecule has 0 spiro atoms. The summed E-state index contributed by atoms with van der Waals surface area (Å²) in [6.07, 6.45) is 16.4. The molecule has 0 fully saturated rings. The summed E-state index contributed by atoms with van der Waals surface area (Å²) < 4.78 is 6.84. The molecule has 0 saturated heterocycles. The van der Waals surface area contributed by atoms with Gasteiger partial charge >= 0.3 is 0 Å². The fourth-order valence-electron chi connectivity index (χ4n) is 7.52. The van der Waals surface area contributed by atoms with Crippen molar-refractivity contribution in [1.29, 1.82) is 0 Å². The monoisotopic (exact) mass is 617 g/mol. The average Bonchev–Trinajstić information content (AvgIpc) is 3.57. The van der Waals surface area contributed by atoms with Gasteiger partial charge in [0.2, 0.25) is 0 Å². The summed E-state index contributed by atoms with van der Waals surface area (Å²) in [6, 6.07) is 48.2. The molecule has 1 atom stereocenters. The van der Waals surface area contributed by atoms with E-state index in [9.17, 15) is 0 Å². The average molecular weight is 618 g/mol. The molecule has 0 N–H and O–H groups in total. The Kier molecular flexibility index (Phi) is 7.13. The molecule has 0 aliphatic heterocycles. The van der Waals surface area contributed by atoms with Gasteiger partial charge < -0.3 is 9.32 Å². The Morgan fingerprint density at radius 1 is 0.604 bits per heavy atom. The molecule has 0 bridgehead atoms. The standard InChI is InChI=1S/C46H35NO/c1-4-14-32(15-5-1)34-24-27-38(28-25-34)47(42-29-26-36(33-16-6-2-7-17-33)30-41(42)35-18-8-3-9-19-35)43-31-37-20-10-11-21-39(37)45-40-22-12-13-23-44(40)48-46(43)45/h1-16,18-24,26-27,29-31,33H,17,25,28H2. The van der Waals surface area contributed by atoms with Crippen molar-refractivity contribution < 1.29 is 4.42 Å². The number of allylic oxidation sites excluding steroid dienone is 8. The fraction of sp³-hybridized carbons (Fsp3) is 0.0870. The van der Waals surface area contributed by atoms with Crippen LogP contribution in [0.2, 0.25) is 0 Å². The van der Waals surface area contributed by atoms with Crippen LogP contribution < -0.4 is 4.90 Å². The van der Waals surface area contributed by atoms with E-state index in [1.165, 1.54) is 44.3 Å². The first-order chi connectivity index (χ1) is 23.8. The zero-order chi connectivity index (χ0) is 31.9. The largest absolute Gasteiger partial charge is 0.454 e. The lowest BCUT2D eigenvalue weighted by Crippen LogP contribution is -2.19. The molecular weight excluding hydrogens is 583 g/mol. The van der Waals surface area contributed by atoms with E-state index in [2.05, 4.69) is 175 Å². The lowest BCUT2D eigenvalue weighted by atomic mass is 9.89. The molecule has 0 radical (unpaired) electrons. The quantitative estimate of drug-likeness (QED) is 0.185. The van der Waals surface area contributed by atoms with E-state index in [1.54, 1.807) is 0 Å². The maximum absolute atomic E-state index is 6.84. The molecule has 1 aromatic heterocycles. The maximum atomic E-state index is 6.84. The molecule has 0 amide bonds. The summed E-state index contributed by atoms with van der Waals surface area (Å²) in [5.74, 6) is 0.355. The van der Waals surface area contributed by atoms with Crippen LogP contribution in [0.5, 0.6) is 0 Å². The molecule has 6 aromatic carbocycles. The number of furan rings is 1. The molecule has 7 aromatic rings. The molecule has 2 heteroatoms.